The summed E-state index contributed by atoms with van der Waals surface area (Å²) >= 11 is 5.65. The van der Waals surface area contributed by atoms with Gasteiger partial charge in [-0.15, -0.1) is 0 Å². The Morgan fingerprint density at radius 1 is 1.54 bits per heavy atom. The highest BCUT2D eigenvalue weighted by atomic mass is 35.5. The molecule has 1 aliphatic rings. The first kappa shape index (κ1) is 8.78. The zero-order chi connectivity index (χ0) is 9.42. The van der Waals surface area contributed by atoms with E-state index in [0.717, 1.165) is 0 Å². The molecule has 0 amide bonds. The van der Waals surface area contributed by atoms with Crippen LogP contribution in [-0.4, -0.2) is 17.8 Å². The van der Waals surface area contributed by atoms with Crippen molar-refractivity contribution >= 4 is 11.6 Å². The lowest BCUT2D eigenvalue weighted by atomic mass is 10.0. The van der Waals surface area contributed by atoms with Gasteiger partial charge in [0.2, 0.25) is 0 Å². The molecule has 0 bridgehead atoms. The number of fused-ring (bicyclic) bond motifs is 1. The van der Waals surface area contributed by atoms with Gasteiger partial charge in [-0.2, -0.15) is 0 Å². The lowest BCUT2D eigenvalue weighted by molar-refractivity contribution is 0.0891. The molecule has 1 aliphatic heterocycles. The van der Waals surface area contributed by atoms with E-state index in [0.29, 0.717) is 17.0 Å². The highest BCUT2D eigenvalue weighted by Crippen LogP contribution is 2.30. The minimum Gasteiger partial charge on any atom is -0.488 e. The van der Waals surface area contributed by atoms with E-state index in [1.54, 1.807) is 6.07 Å². The van der Waals surface area contributed by atoms with Crippen molar-refractivity contribution in [1.82, 2.24) is 0 Å². The Hall–Kier alpha value is -0.800. The minimum atomic E-state index is -0.564. The highest BCUT2D eigenvalue weighted by Gasteiger charge is 2.21. The average Bonchev–Trinajstić information content (AvgIpc) is 2.02. The van der Waals surface area contributed by atoms with Gasteiger partial charge in [0.05, 0.1) is 6.10 Å². The number of rotatable bonds is 0. The van der Waals surface area contributed by atoms with E-state index in [9.17, 15) is 9.50 Å². The standard InChI is InChI=1S/C9H8ClFO2/c10-6-1-5-2-7(12)4-13-9(5)8(11)3-6/h1,3,7,12H,2,4H2/t7-/m0/s1. The van der Waals surface area contributed by atoms with E-state index >= 15 is 0 Å². The van der Waals surface area contributed by atoms with Gasteiger partial charge in [-0.05, 0) is 12.1 Å². The first-order chi connectivity index (χ1) is 6.16. The van der Waals surface area contributed by atoms with E-state index in [2.05, 4.69) is 0 Å². The van der Waals surface area contributed by atoms with Crippen LogP contribution in [-0.2, 0) is 6.42 Å². The van der Waals surface area contributed by atoms with Crippen LogP contribution < -0.4 is 4.74 Å². The molecule has 1 heterocycles. The number of benzene rings is 1. The number of hydrogen-bond acceptors (Lipinski definition) is 2. The molecule has 0 radical (unpaired) electrons. The molecule has 0 fully saturated rings. The molecule has 0 spiro atoms. The largest absolute Gasteiger partial charge is 0.488 e. The molecule has 2 nitrogen and oxygen atoms in total. The molecule has 0 saturated heterocycles. The molecular formula is C9H8ClFO2. The first-order valence-corrected chi connectivity index (χ1v) is 4.33. The molecule has 1 aromatic carbocycles. The molecule has 70 valence electrons. The van der Waals surface area contributed by atoms with Crippen molar-refractivity contribution in [3.8, 4) is 5.75 Å². The van der Waals surface area contributed by atoms with Crippen LogP contribution in [0.2, 0.25) is 5.02 Å². The van der Waals surface area contributed by atoms with Gasteiger partial charge in [0.15, 0.2) is 11.6 Å². The van der Waals surface area contributed by atoms with Gasteiger partial charge in [0, 0.05) is 17.0 Å². The molecule has 1 N–H and O–H groups in total. The van der Waals surface area contributed by atoms with Gasteiger partial charge in [0.25, 0.3) is 0 Å². The quantitative estimate of drug-likeness (QED) is 0.695. The van der Waals surface area contributed by atoms with E-state index < -0.39 is 11.9 Å². The second kappa shape index (κ2) is 3.16. The molecule has 2 rings (SSSR count). The average molecular weight is 203 g/mol. The predicted octanol–water partition coefficient (Wildman–Crippen LogP) is 1.77. The number of ether oxygens (including phenoxy) is 1. The Morgan fingerprint density at radius 3 is 3.08 bits per heavy atom. The summed E-state index contributed by atoms with van der Waals surface area (Å²) in [5.74, 6) is -0.246. The third-order valence-corrected chi connectivity index (χ3v) is 2.18. The SMILES string of the molecule is O[C@@H]1COc2c(F)cc(Cl)cc2C1. The van der Waals surface area contributed by atoms with Crippen LogP contribution >= 0.6 is 11.6 Å². The van der Waals surface area contributed by atoms with Crippen molar-refractivity contribution in [1.29, 1.82) is 0 Å². The Kier molecular flexibility index (Phi) is 2.14. The van der Waals surface area contributed by atoms with E-state index in [1.165, 1.54) is 6.07 Å². The van der Waals surface area contributed by atoms with Crippen molar-refractivity contribution in [3.63, 3.8) is 0 Å². The van der Waals surface area contributed by atoms with Crippen LogP contribution in [0, 0.1) is 5.82 Å². The predicted molar refractivity (Wildman–Crippen MR) is 46.6 cm³/mol. The Morgan fingerprint density at radius 2 is 2.31 bits per heavy atom. The zero-order valence-electron chi connectivity index (χ0n) is 6.76. The second-order valence-electron chi connectivity index (χ2n) is 3.04. The van der Waals surface area contributed by atoms with Crippen LogP contribution in [0.15, 0.2) is 12.1 Å². The summed E-state index contributed by atoms with van der Waals surface area (Å²) in [7, 11) is 0. The Labute approximate surface area is 79.9 Å². The molecule has 0 aromatic heterocycles. The lowest BCUT2D eigenvalue weighted by Crippen LogP contribution is -2.26. The third kappa shape index (κ3) is 1.62. The summed E-state index contributed by atoms with van der Waals surface area (Å²) in [6.07, 6.45) is -0.169. The smallest absolute Gasteiger partial charge is 0.166 e. The molecule has 0 aliphatic carbocycles. The van der Waals surface area contributed by atoms with Crippen molar-refractivity contribution in [2.75, 3.05) is 6.61 Å². The Balaban J connectivity index is 2.47. The summed E-state index contributed by atoms with van der Waals surface area (Å²) < 4.78 is 18.2. The molecule has 13 heavy (non-hydrogen) atoms. The highest BCUT2D eigenvalue weighted by molar-refractivity contribution is 6.30. The van der Waals surface area contributed by atoms with Crippen LogP contribution in [0.25, 0.3) is 0 Å². The van der Waals surface area contributed by atoms with Crippen molar-refractivity contribution in [2.24, 2.45) is 0 Å². The monoisotopic (exact) mass is 202 g/mol. The van der Waals surface area contributed by atoms with Gasteiger partial charge < -0.3 is 9.84 Å². The minimum absolute atomic E-state index is 0.144. The fraction of sp³-hybridized carbons (Fsp3) is 0.333. The molecule has 0 unspecified atom stereocenters. The van der Waals surface area contributed by atoms with Crippen molar-refractivity contribution in [3.05, 3.63) is 28.5 Å². The molecule has 0 saturated carbocycles. The van der Waals surface area contributed by atoms with E-state index in [1.807, 2.05) is 0 Å². The third-order valence-electron chi connectivity index (χ3n) is 1.96. The zero-order valence-corrected chi connectivity index (χ0v) is 7.51. The summed E-state index contributed by atoms with van der Waals surface area (Å²) in [5.41, 5.74) is 0.628. The fourth-order valence-electron chi connectivity index (χ4n) is 1.42. The topological polar surface area (TPSA) is 29.5 Å². The maximum absolute atomic E-state index is 13.2. The number of hydrogen-bond donors (Lipinski definition) is 1. The number of halogens is 2. The van der Waals surface area contributed by atoms with Gasteiger partial charge in [-0.3, -0.25) is 0 Å². The summed E-state index contributed by atoms with van der Waals surface area (Å²) in [4.78, 5) is 0. The van der Waals surface area contributed by atoms with E-state index in [-0.39, 0.29) is 12.4 Å². The van der Waals surface area contributed by atoms with Crippen LogP contribution in [0.3, 0.4) is 0 Å². The summed E-state index contributed by atoms with van der Waals surface area (Å²) in [6.45, 7) is 0.144. The van der Waals surface area contributed by atoms with E-state index in [4.69, 9.17) is 16.3 Å². The van der Waals surface area contributed by atoms with Gasteiger partial charge >= 0.3 is 0 Å². The van der Waals surface area contributed by atoms with Crippen LogP contribution in [0.1, 0.15) is 5.56 Å². The van der Waals surface area contributed by atoms with Gasteiger partial charge in [0.1, 0.15) is 6.61 Å². The first-order valence-electron chi connectivity index (χ1n) is 3.95. The number of aliphatic hydroxyl groups is 1. The van der Waals surface area contributed by atoms with Crippen molar-refractivity contribution in [2.45, 2.75) is 12.5 Å². The normalized spacial score (nSPS) is 20.7. The molecule has 4 heteroatoms. The van der Waals surface area contributed by atoms with Crippen LogP contribution in [0.4, 0.5) is 4.39 Å². The summed E-state index contributed by atoms with van der Waals surface area (Å²) in [5, 5.41) is 9.57. The molecule has 1 aromatic rings. The van der Waals surface area contributed by atoms with Gasteiger partial charge in [-0.1, -0.05) is 11.6 Å². The molecule has 1 atom stereocenters. The number of aliphatic hydroxyl groups excluding tert-OH is 1. The van der Waals surface area contributed by atoms with Gasteiger partial charge in [-0.25, -0.2) is 4.39 Å². The fourth-order valence-corrected chi connectivity index (χ4v) is 1.65. The van der Waals surface area contributed by atoms with Crippen LogP contribution in [0.5, 0.6) is 5.75 Å². The maximum atomic E-state index is 13.2. The maximum Gasteiger partial charge on any atom is 0.166 e. The lowest BCUT2D eigenvalue weighted by Gasteiger charge is -2.21. The molecular weight excluding hydrogens is 195 g/mol. The Bertz CT molecular complexity index is 341. The van der Waals surface area contributed by atoms with Crippen molar-refractivity contribution < 1.29 is 14.2 Å². The second-order valence-corrected chi connectivity index (χ2v) is 3.48. The summed E-state index contributed by atoms with van der Waals surface area (Å²) in [6, 6.07) is 2.82.